The van der Waals surface area contributed by atoms with E-state index < -0.39 is 5.41 Å². The molecular formula is C14H18ClNO2. The van der Waals surface area contributed by atoms with E-state index in [4.69, 9.17) is 16.3 Å². The molecule has 0 radical (unpaired) electrons. The quantitative estimate of drug-likeness (QED) is 0.672. The second kappa shape index (κ2) is 4.81. The fraction of sp³-hybridized carbons (Fsp3) is 0.500. The third-order valence-corrected chi connectivity index (χ3v) is 3.61. The molecule has 0 saturated heterocycles. The van der Waals surface area contributed by atoms with Crippen molar-refractivity contribution in [3.63, 3.8) is 0 Å². The highest BCUT2D eigenvalue weighted by atomic mass is 35.5. The van der Waals surface area contributed by atoms with Gasteiger partial charge in [0.25, 0.3) is 0 Å². The summed E-state index contributed by atoms with van der Waals surface area (Å²) in [7, 11) is 0. The number of ether oxygens (including phenoxy) is 1. The second-order valence-corrected chi connectivity index (χ2v) is 5.48. The number of benzene rings is 1. The minimum absolute atomic E-state index is 0.0222. The molecule has 98 valence electrons. The molecule has 1 N–H and O–H groups in total. The van der Waals surface area contributed by atoms with E-state index >= 15 is 0 Å². The Labute approximate surface area is 112 Å². The first-order chi connectivity index (χ1) is 8.48. The minimum atomic E-state index is -0.544. The maximum atomic E-state index is 12.0. The number of carbonyl (C=O) groups excluding carboxylic acids is 1. The van der Waals surface area contributed by atoms with Gasteiger partial charge in [-0.05, 0) is 38.8 Å². The normalized spacial score (nSPS) is 16.3. The zero-order valence-corrected chi connectivity index (χ0v) is 11.7. The predicted molar refractivity (Wildman–Crippen MR) is 73.7 cm³/mol. The van der Waals surface area contributed by atoms with Crippen molar-refractivity contribution in [1.82, 2.24) is 0 Å². The fourth-order valence-corrected chi connectivity index (χ4v) is 2.32. The van der Waals surface area contributed by atoms with Crippen LogP contribution in [0.25, 0.3) is 0 Å². The molecule has 2 rings (SSSR count). The number of hydrogen-bond donors (Lipinski definition) is 1. The van der Waals surface area contributed by atoms with E-state index in [0.717, 1.165) is 29.0 Å². The molecule has 1 aromatic rings. The molecule has 4 heteroatoms. The summed E-state index contributed by atoms with van der Waals surface area (Å²) in [5, 5.41) is 2.94. The molecule has 0 saturated carbocycles. The van der Waals surface area contributed by atoms with Gasteiger partial charge < -0.3 is 10.1 Å². The first-order valence-electron chi connectivity index (χ1n) is 6.12. The Balaban J connectivity index is 2.40. The molecule has 0 spiro atoms. The summed E-state index contributed by atoms with van der Waals surface area (Å²) in [5.74, 6) is 1.38. The SMILES string of the molecule is Cc1ccc(OCCCCl)c2c1NC(=O)C2(C)C. The summed E-state index contributed by atoms with van der Waals surface area (Å²) in [4.78, 5) is 12.0. The maximum absolute atomic E-state index is 12.0. The molecule has 0 fully saturated rings. The summed E-state index contributed by atoms with van der Waals surface area (Å²) >= 11 is 5.64. The summed E-state index contributed by atoms with van der Waals surface area (Å²) < 4.78 is 5.75. The third-order valence-electron chi connectivity index (χ3n) is 3.34. The lowest BCUT2D eigenvalue weighted by Gasteiger charge is -2.19. The van der Waals surface area contributed by atoms with Gasteiger partial charge in [0, 0.05) is 11.4 Å². The first-order valence-corrected chi connectivity index (χ1v) is 6.66. The molecule has 18 heavy (non-hydrogen) atoms. The summed E-state index contributed by atoms with van der Waals surface area (Å²) in [6, 6.07) is 3.90. The van der Waals surface area contributed by atoms with E-state index in [9.17, 15) is 4.79 Å². The molecule has 1 amide bonds. The Morgan fingerprint density at radius 3 is 2.78 bits per heavy atom. The molecule has 0 aliphatic carbocycles. The average Bonchev–Trinajstić information content (AvgIpc) is 2.56. The number of carbonyl (C=O) groups is 1. The highest BCUT2D eigenvalue weighted by Crippen LogP contribution is 2.44. The Morgan fingerprint density at radius 1 is 1.39 bits per heavy atom. The van der Waals surface area contributed by atoms with Crippen LogP contribution in [0, 0.1) is 6.92 Å². The Bertz CT molecular complexity index is 483. The van der Waals surface area contributed by atoms with Gasteiger partial charge in [-0.2, -0.15) is 0 Å². The zero-order valence-electron chi connectivity index (χ0n) is 11.0. The lowest BCUT2D eigenvalue weighted by Crippen LogP contribution is -2.27. The summed E-state index contributed by atoms with van der Waals surface area (Å²) in [5.41, 5.74) is 2.38. The minimum Gasteiger partial charge on any atom is -0.493 e. The highest BCUT2D eigenvalue weighted by Gasteiger charge is 2.41. The number of halogens is 1. The molecule has 1 aromatic carbocycles. The predicted octanol–water partition coefficient (Wildman–Crippen LogP) is 3.23. The van der Waals surface area contributed by atoms with Crippen LogP contribution in [-0.2, 0) is 10.2 Å². The standard InChI is InChI=1S/C14H18ClNO2/c1-9-5-6-10(18-8-4-7-15)11-12(9)16-13(17)14(11,2)3/h5-6H,4,7-8H2,1-3H3,(H,16,17). The number of nitrogens with one attached hydrogen (secondary N) is 1. The number of hydrogen-bond acceptors (Lipinski definition) is 2. The molecule has 3 nitrogen and oxygen atoms in total. The summed E-state index contributed by atoms with van der Waals surface area (Å²) in [6.07, 6.45) is 0.798. The largest absolute Gasteiger partial charge is 0.493 e. The van der Waals surface area contributed by atoms with Crippen LogP contribution in [-0.4, -0.2) is 18.4 Å². The van der Waals surface area contributed by atoms with Crippen LogP contribution in [0.15, 0.2) is 12.1 Å². The van der Waals surface area contributed by atoms with Crippen LogP contribution in [0.2, 0.25) is 0 Å². The molecular weight excluding hydrogens is 250 g/mol. The van der Waals surface area contributed by atoms with Gasteiger partial charge in [0.05, 0.1) is 17.7 Å². The van der Waals surface area contributed by atoms with Gasteiger partial charge in [0.2, 0.25) is 5.91 Å². The van der Waals surface area contributed by atoms with Crippen LogP contribution >= 0.6 is 11.6 Å². The number of amides is 1. The number of rotatable bonds is 4. The van der Waals surface area contributed by atoms with Gasteiger partial charge in [-0.15, -0.1) is 11.6 Å². The number of aryl methyl sites for hydroxylation is 1. The van der Waals surface area contributed by atoms with Crippen molar-refractivity contribution in [2.75, 3.05) is 17.8 Å². The average molecular weight is 268 g/mol. The van der Waals surface area contributed by atoms with Crippen LogP contribution in [0.5, 0.6) is 5.75 Å². The number of alkyl halides is 1. The Kier molecular flexibility index (Phi) is 3.53. The monoisotopic (exact) mass is 267 g/mol. The van der Waals surface area contributed by atoms with Crippen molar-refractivity contribution in [3.05, 3.63) is 23.3 Å². The Morgan fingerprint density at radius 2 is 2.11 bits per heavy atom. The number of fused-ring (bicyclic) bond motifs is 1. The smallest absolute Gasteiger partial charge is 0.234 e. The highest BCUT2D eigenvalue weighted by molar-refractivity contribution is 6.17. The topological polar surface area (TPSA) is 38.3 Å². The summed E-state index contributed by atoms with van der Waals surface area (Å²) in [6.45, 7) is 6.40. The molecule has 1 heterocycles. The van der Waals surface area contributed by atoms with Gasteiger partial charge in [-0.1, -0.05) is 6.07 Å². The van der Waals surface area contributed by atoms with Crippen molar-refractivity contribution >= 4 is 23.2 Å². The van der Waals surface area contributed by atoms with Crippen molar-refractivity contribution in [3.8, 4) is 5.75 Å². The lowest BCUT2D eigenvalue weighted by atomic mass is 9.85. The van der Waals surface area contributed by atoms with Crippen LogP contribution in [0.1, 0.15) is 31.4 Å². The van der Waals surface area contributed by atoms with Crippen molar-refractivity contribution < 1.29 is 9.53 Å². The first kappa shape index (κ1) is 13.2. The lowest BCUT2D eigenvalue weighted by molar-refractivity contribution is -0.119. The van der Waals surface area contributed by atoms with Gasteiger partial charge in [-0.25, -0.2) is 0 Å². The van der Waals surface area contributed by atoms with Gasteiger partial charge in [-0.3, -0.25) is 4.79 Å². The molecule has 0 bridgehead atoms. The van der Waals surface area contributed by atoms with Crippen molar-refractivity contribution in [1.29, 1.82) is 0 Å². The van der Waals surface area contributed by atoms with Crippen LogP contribution in [0.4, 0.5) is 5.69 Å². The molecule has 0 unspecified atom stereocenters. The van der Waals surface area contributed by atoms with E-state index in [1.165, 1.54) is 0 Å². The van der Waals surface area contributed by atoms with E-state index in [2.05, 4.69) is 5.32 Å². The van der Waals surface area contributed by atoms with Gasteiger partial charge in [0.1, 0.15) is 5.75 Å². The zero-order chi connectivity index (χ0) is 13.3. The molecule has 0 aromatic heterocycles. The second-order valence-electron chi connectivity index (χ2n) is 5.10. The molecule has 1 aliphatic rings. The van der Waals surface area contributed by atoms with E-state index in [-0.39, 0.29) is 5.91 Å². The molecule has 1 aliphatic heterocycles. The maximum Gasteiger partial charge on any atom is 0.234 e. The number of anilines is 1. The van der Waals surface area contributed by atoms with Gasteiger partial charge in [0.15, 0.2) is 0 Å². The van der Waals surface area contributed by atoms with E-state index in [1.54, 1.807) is 0 Å². The van der Waals surface area contributed by atoms with E-state index in [0.29, 0.717) is 12.5 Å². The van der Waals surface area contributed by atoms with Crippen molar-refractivity contribution in [2.45, 2.75) is 32.6 Å². The van der Waals surface area contributed by atoms with Crippen molar-refractivity contribution in [2.24, 2.45) is 0 Å². The van der Waals surface area contributed by atoms with Crippen LogP contribution < -0.4 is 10.1 Å². The Hall–Kier alpha value is -1.22. The third kappa shape index (κ3) is 2.07. The molecule has 0 atom stereocenters. The van der Waals surface area contributed by atoms with E-state index in [1.807, 2.05) is 32.9 Å². The van der Waals surface area contributed by atoms with Gasteiger partial charge >= 0.3 is 0 Å². The van der Waals surface area contributed by atoms with Crippen LogP contribution in [0.3, 0.4) is 0 Å². The fourth-order valence-electron chi connectivity index (χ4n) is 2.21.